The van der Waals surface area contributed by atoms with Crippen LogP contribution in [0.5, 0.6) is 0 Å². The van der Waals surface area contributed by atoms with Crippen LogP contribution in [0.15, 0.2) is 45.4 Å². The lowest BCUT2D eigenvalue weighted by Crippen LogP contribution is -2.22. The van der Waals surface area contributed by atoms with Crippen molar-refractivity contribution in [3.05, 3.63) is 53.8 Å². The number of furan rings is 2. The smallest absolute Gasteiger partial charge is 0.287 e. The topological polar surface area (TPSA) is 99.2 Å². The summed E-state index contributed by atoms with van der Waals surface area (Å²) in [7, 11) is 0. The minimum absolute atomic E-state index is 0.0280. The van der Waals surface area contributed by atoms with Gasteiger partial charge in [0, 0.05) is 16.8 Å². The molecule has 0 fully saturated rings. The summed E-state index contributed by atoms with van der Waals surface area (Å²) in [6, 6.07) is 9.20. The minimum Gasteiger partial charge on any atom is -0.465 e. The van der Waals surface area contributed by atoms with Crippen molar-refractivity contribution in [1.82, 2.24) is 15.1 Å². The lowest BCUT2D eigenvalue weighted by atomic mass is 10.2. The van der Waals surface area contributed by atoms with Crippen LogP contribution in [0.1, 0.15) is 29.0 Å². The van der Waals surface area contributed by atoms with Gasteiger partial charge in [-0.2, -0.15) is 5.10 Å². The van der Waals surface area contributed by atoms with Gasteiger partial charge in [-0.1, -0.05) is 0 Å². The van der Waals surface area contributed by atoms with Gasteiger partial charge in [0.05, 0.1) is 24.8 Å². The van der Waals surface area contributed by atoms with E-state index in [1.54, 1.807) is 12.3 Å². The van der Waals surface area contributed by atoms with E-state index in [-0.39, 0.29) is 17.7 Å². The number of hydrogen-bond acceptors (Lipinski definition) is 5. The van der Waals surface area contributed by atoms with Gasteiger partial charge < -0.3 is 19.9 Å². The van der Waals surface area contributed by atoms with Gasteiger partial charge in [-0.15, -0.1) is 0 Å². The van der Waals surface area contributed by atoms with E-state index in [0.717, 1.165) is 22.0 Å². The van der Waals surface area contributed by atoms with Crippen LogP contribution in [-0.2, 0) is 13.1 Å². The lowest BCUT2D eigenvalue weighted by molar-refractivity contribution is 0.0922. The Balaban J connectivity index is 1.65. The Morgan fingerprint density at radius 2 is 2.15 bits per heavy atom. The first-order valence-corrected chi connectivity index (χ1v) is 8.48. The number of carbonyl (C=O) groups is 1. The van der Waals surface area contributed by atoms with E-state index >= 15 is 0 Å². The average Bonchev–Trinajstić information content (AvgIpc) is 3.30. The standard InChI is InChI=1S/C19H20N4O3/c1-11(20)10-23-18-13(8-22-23)4-6-16-15(18)7-17(26-16)19(24)21-9-14-5-3-12(2)25-14/h3-8,11H,9-10,20H2,1-2H3,(H,21,24)/t11-/m0/s1. The molecule has 0 aliphatic heterocycles. The van der Waals surface area contributed by atoms with Gasteiger partial charge in [-0.3, -0.25) is 9.48 Å². The molecule has 0 spiro atoms. The molecule has 1 aromatic carbocycles. The second-order valence-electron chi connectivity index (χ2n) is 6.52. The minimum atomic E-state index is -0.290. The molecule has 0 radical (unpaired) electrons. The van der Waals surface area contributed by atoms with Crippen molar-refractivity contribution in [3.63, 3.8) is 0 Å². The largest absolute Gasteiger partial charge is 0.465 e. The second kappa shape index (κ2) is 6.34. The van der Waals surface area contributed by atoms with Crippen LogP contribution in [0.3, 0.4) is 0 Å². The zero-order valence-corrected chi connectivity index (χ0v) is 14.7. The third kappa shape index (κ3) is 2.97. The van der Waals surface area contributed by atoms with Crippen LogP contribution in [0.25, 0.3) is 21.9 Å². The summed E-state index contributed by atoms with van der Waals surface area (Å²) in [5.41, 5.74) is 7.47. The van der Waals surface area contributed by atoms with Crippen molar-refractivity contribution in [2.24, 2.45) is 5.73 Å². The SMILES string of the molecule is Cc1ccc(CNC(=O)c2cc3c(ccc4cnn(C[C@H](C)N)c43)o2)o1. The van der Waals surface area contributed by atoms with Crippen LogP contribution in [0.2, 0.25) is 0 Å². The maximum atomic E-state index is 12.4. The summed E-state index contributed by atoms with van der Waals surface area (Å²) >= 11 is 0. The molecule has 0 aliphatic rings. The van der Waals surface area contributed by atoms with Crippen molar-refractivity contribution < 1.29 is 13.6 Å². The Morgan fingerprint density at radius 1 is 1.31 bits per heavy atom. The highest BCUT2D eigenvalue weighted by Gasteiger charge is 2.17. The monoisotopic (exact) mass is 352 g/mol. The summed E-state index contributed by atoms with van der Waals surface area (Å²) < 4.78 is 13.1. The second-order valence-corrected chi connectivity index (χ2v) is 6.52. The Bertz CT molecular complexity index is 1090. The Labute approximate surface area is 149 Å². The van der Waals surface area contributed by atoms with Crippen LogP contribution in [0, 0.1) is 6.92 Å². The number of nitrogens with two attached hydrogens (primary N) is 1. The molecule has 26 heavy (non-hydrogen) atoms. The van der Waals surface area contributed by atoms with Gasteiger partial charge in [0.25, 0.3) is 5.91 Å². The van der Waals surface area contributed by atoms with E-state index in [0.29, 0.717) is 24.4 Å². The number of benzene rings is 1. The van der Waals surface area contributed by atoms with Crippen molar-refractivity contribution in [2.45, 2.75) is 33.0 Å². The van der Waals surface area contributed by atoms with Crippen molar-refractivity contribution in [1.29, 1.82) is 0 Å². The fraction of sp³-hybridized carbons (Fsp3) is 0.263. The van der Waals surface area contributed by atoms with Gasteiger partial charge in [-0.25, -0.2) is 0 Å². The molecule has 0 saturated heterocycles. The zero-order valence-electron chi connectivity index (χ0n) is 14.7. The number of aryl methyl sites for hydroxylation is 1. The van der Waals surface area contributed by atoms with Gasteiger partial charge in [0.1, 0.15) is 17.1 Å². The fourth-order valence-corrected chi connectivity index (χ4v) is 3.05. The number of rotatable bonds is 5. The van der Waals surface area contributed by atoms with Gasteiger partial charge >= 0.3 is 0 Å². The molecule has 4 rings (SSSR count). The molecule has 4 aromatic rings. The Kier molecular flexibility index (Phi) is 4.00. The molecule has 0 aliphatic carbocycles. The van der Waals surface area contributed by atoms with Crippen molar-refractivity contribution in [3.8, 4) is 0 Å². The average molecular weight is 352 g/mol. The maximum absolute atomic E-state index is 12.4. The van der Waals surface area contributed by atoms with Crippen LogP contribution in [-0.4, -0.2) is 21.7 Å². The molecule has 3 heterocycles. The Morgan fingerprint density at radius 3 is 2.88 bits per heavy atom. The molecule has 3 aromatic heterocycles. The quantitative estimate of drug-likeness (QED) is 0.575. The summed E-state index contributed by atoms with van der Waals surface area (Å²) in [6.07, 6.45) is 1.79. The molecule has 1 amide bonds. The third-order valence-corrected chi connectivity index (χ3v) is 4.20. The predicted molar refractivity (Wildman–Crippen MR) is 97.8 cm³/mol. The molecular formula is C19H20N4O3. The number of carbonyl (C=O) groups excluding carboxylic acids is 1. The molecule has 0 saturated carbocycles. The first-order chi connectivity index (χ1) is 12.5. The molecule has 7 nitrogen and oxygen atoms in total. The summed E-state index contributed by atoms with van der Waals surface area (Å²) in [4.78, 5) is 12.4. The highest BCUT2D eigenvalue weighted by molar-refractivity contribution is 6.06. The first kappa shape index (κ1) is 16.4. The highest BCUT2D eigenvalue weighted by atomic mass is 16.3. The zero-order chi connectivity index (χ0) is 18.3. The Hall–Kier alpha value is -3.06. The number of aromatic nitrogens is 2. The van der Waals surface area contributed by atoms with Crippen LogP contribution < -0.4 is 11.1 Å². The van der Waals surface area contributed by atoms with E-state index in [9.17, 15) is 4.79 Å². The van der Waals surface area contributed by atoms with E-state index in [2.05, 4.69) is 10.4 Å². The summed E-state index contributed by atoms with van der Waals surface area (Å²) in [5, 5.41) is 9.04. The molecule has 3 N–H and O–H groups in total. The van der Waals surface area contributed by atoms with Crippen molar-refractivity contribution in [2.75, 3.05) is 0 Å². The third-order valence-electron chi connectivity index (χ3n) is 4.20. The fourth-order valence-electron chi connectivity index (χ4n) is 3.05. The number of nitrogens with one attached hydrogen (secondary N) is 1. The number of amides is 1. The van der Waals surface area contributed by atoms with E-state index in [1.807, 2.05) is 42.8 Å². The molecule has 7 heteroatoms. The highest BCUT2D eigenvalue weighted by Crippen LogP contribution is 2.28. The molecule has 134 valence electrons. The first-order valence-electron chi connectivity index (χ1n) is 8.48. The number of nitrogens with zero attached hydrogens (tertiary/aromatic N) is 2. The van der Waals surface area contributed by atoms with Crippen LogP contribution >= 0.6 is 0 Å². The number of hydrogen-bond donors (Lipinski definition) is 2. The number of fused-ring (bicyclic) bond motifs is 3. The molecule has 0 unspecified atom stereocenters. The molecule has 1 atom stereocenters. The van der Waals surface area contributed by atoms with Gasteiger partial charge in [-0.05, 0) is 44.2 Å². The summed E-state index contributed by atoms with van der Waals surface area (Å²) in [5.74, 6) is 1.47. The molecular weight excluding hydrogens is 332 g/mol. The predicted octanol–water partition coefficient (Wildman–Crippen LogP) is 2.96. The van der Waals surface area contributed by atoms with Crippen molar-refractivity contribution >= 4 is 27.8 Å². The lowest BCUT2D eigenvalue weighted by Gasteiger charge is -2.06. The van der Waals surface area contributed by atoms with E-state index in [1.165, 1.54) is 0 Å². The molecule has 0 bridgehead atoms. The maximum Gasteiger partial charge on any atom is 0.287 e. The normalized spacial score (nSPS) is 12.7. The van der Waals surface area contributed by atoms with Gasteiger partial charge in [0.2, 0.25) is 0 Å². The summed E-state index contributed by atoms with van der Waals surface area (Å²) in [6.45, 7) is 4.69. The van der Waals surface area contributed by atoms with E-state index in [4.69, 9.17) is 14.6 Å². The van der Waals surface area contributed by atoms with Gasteiger partial charge in [0.15, 0.2) is 5.76 Å². The van der Waals surface area contributed by atoms with Crippen LogP contribution in [0.4, 0.5) is 0 Å². The van der Waals surface area contributed by atoms with E-state index < -0.39 is 0 Å².